The highest BCUT2D eigenvalue weighted by Gasteiger charge is 2.37. The molecule has 1 saturated carbocycles. The van der Waals surface area contributed by atoms with Gasteiger partial charge in [0.15, 0.2) is 0 Å². The molecule has 0 bridgehead atoms. The average Bonchev–Trinajstić information content (AvgIpc) is 2.92. The Morgan fingerprint density at radius 2 is 2.11 bits per heavy atom. The normalized spacial score (nSPS) is 22.7. The summed E-state index contributed by atoms with van der Waals surface area (Å²) in [5, 5.41) is 9.01. The van der Waals surface area contributed by atoms with Gasteiger partial charge in [-0.2, -0.15) is 0 Å². The number of nitrogens with one attached hydrogen (secondary N) is 1. The fourth-order valence-corrected chi connectivity index (χ4v) is 3.24. The Hall–Kier alpha value is -1.60. The van der Waals surface area contributed by atoms with Crippen molar-refractivity contribution in [3.05, 3.63) is 23.8 Å². The summed E-state index contributed by atoms with van der Waals surface area (Å²) in [6.45, 7) is 1.92. The summed E-state index contributed by atoms with van der Waals surface area (Å²) in [5.41, 5.74) is 5.37. The number of sulfonamides is 1. The van der Waals surface area contributed by atoms with Gasteiger partial charge in [0.05, 0.1) is 10.5 Å². The van der Waals surface area contributed by atoms with Crippen LogP contribution in [0.25, 0.3) is 0 Å². The van der Waals surface area contributed by atoms with Crippen molar-refractivity contribution in [3.8, 4) is 0 Å². The van der Waals surface area contributed by atoms with Crippen molar-refractivity contribution in [3.63, 3.8) is 0 Å². The molecule has 1 aliphatic carbocycles. The van der Waals surface area contributed by atoms with Gasteiger partial charge < -0.3 is 10.8 Å². The fourth-order valence-electron chi connectivity index (χ4n) is 1.70. The number of hydrogen-bond acceptors (Lipinski definition) is 4. The molecule has 1 aromatic rings. The predicted octanol–water partition coefficient (Wildman–Crippen LogP) is 0.654. The molecule has 0 saturated heterocycles. The highest BCUT2D eigenvalue weighted by Crippen LogP contribution is 2.31. The molecular weight excluding hydrogens is 256 g/mol. The highest BCUT2D eigenvalue weighted by atomic mass is 32.2. The highest BCUT2D eigenvalue weighted by molar-refractivity contribution is 7.89. The number of nitrogen functional groups attached to an aromatic ring is 1. The lowest BCUT2D eigenvalue weighted by molar-refractivity contribution is 0.0692. The Morgan fingerprint density at radius 3 is 2.61 bits per heavy atom. The molecule has 98 valence electrons. The first-order valence-corrected chi connectivity index (χ1v) is 6.95. The van der Waals surface area contributed by atoms with Gasteiger partial charge in [-0.25, -0.2) is 17.9 Å². The van der Waals surface area contributed by atoms with E-state index in [1.165, 1.54) is 12.1 Å². The Labute approximate surface area is 105 Å². The van der Waals surface area contributed by atoms with Crippen molar-refractivity contribution < 1.29 is 18.3 Å². The van der Waals surface area contributed by atoms with E-state index < -0.39 is 16.0 Å². The first-order valence-electron chi connectivity index (χ1n) is 5.46. The minimum Gasteiger partial charge on any atom is -0.478 e. The van der Waals surface area contributed by atoms with Gasteiger partial charge in [-0.05, 0) is 30.5 Å². The molecule has 6 nitrogen and oxygen atoms in total. The van der Waals surface area contributed by atoms with Gasteiger partial charge in [0.2, 0.25) is 10.0 Å². The summed E-state index contributed by atoms with van der Waals surface area (Å²) in [5.74, 6) is -1.02. The molecule has 0 spiro atoms. The van der Waals surface area contributed by atoms with Crippen LogP contribution in [0.2, 0.25) is 0 Å². The zero-order valence-corrected chi connectivity index (χ0v) is 10.6. The van der Waals surface area contributed by atoms with E-state index in [0.29, 0.717) is 5.92 Å². The van der Waals surface area contributed by atoms with Crippen LogP contribution < -0.4 is 10.5 Å². The molecule has 1 fully saturated rings. The third kappa shape index (κ3) is 2.46. The number of carboxylic acid groups (broad SMARTS) is 1. The molecule has 2 rings (SSSR count). The molecule has 1 aliphatic rings. The van der Waals surface area contributed by atoms with Gasteiger partial charge in [0, 0.05) is 11.7 Å². The van der Waals surface area contributed by atoms with E-state index in [1.807, 2.05) is 6.92 Å². The summed E-state index contributed by atoms with van der Waals surface area (Å²) < 4.78 is 26.6. The Balaban J connectivity index is 2.40. The fraction of sp³-hybridized carbons (Fsp3) is 0.364. The van der Waals surface area contributed by atoms with Gasteiger partial charge in [-0.15, -0.1) is 0 Å². The number of carbonyl (C=O) groups is 1. The van der Waals surface area contributed by atoms with Crippen LogP contribution in [0, 0.1) is 5.92 Å². The van der Waals surface area contributed by atoms with Crippen LogP contribution in [0.5, 0.6) is 0 Å². The zero-order valence-electron chi connectivity index (χ0n) is 9.75. The molecule has 0 aliphatic heterocycles. The third-order valence-corrected chi connectivity index (χ3v) is 4.49. The first-order chi connectivity index (χ1) is 8.31. The maximum absolute atomic E-state index is 12.0. The summed E-state index contributed by atoms with van der Waals surface area (Å²) in [6.07, 6.45) is 0.774. The molecule has 2 atom stereocenters. The van der Waals surface area contributed by atoms with Gasteiger partial charge in [-0.1, -0.05) is 6.92 Å². The maximum Gasteiger partial charge on any atom is 0.337 e. The van der Waals surface area contributed by atoms with Crippen LogP contribution in [-0.2, 0) is 10.0 Å². The maximum atomic E-state index is 12.0. The molecular formula is C11H14N2O4S. The van der Waals surface area contributed by atoms with Crippen LogP contribution in [0.4, 0.5) is 5.69 Å². The van der Waals surface area contributed by atoms with E-state index in [4.69, 9.17) is 10.8 Å². The Bertz CT molecular complexity index is 597. The molecule has 18 heavy (non-hydrogen) atoms. The minimum atomic E-state index is -3.81. The van der Waals surface area contributed by atoms with Crippen molar-refractivity contribution in [2.45, 2.75) is 24.3 Å². The van der Waals surface area contributed by atoms with E-state index >= 15 is 0 Å². The third-order valence-electron chi connectivity index (χ3n) is 2.94. The smallest absolute Gasteiger partial charge is 0.337 e. The molecule has 0 amide bonds. The monoisotopic (exact) mass is 270 g/mol. The van der Waals surface area contributed by atoms with Crippen LogP contribution in [0.15, 0.2) is 23.1 Å². The zero-order chi connectivity index (χ0) is 13.5. The molecule has 2 unspecified atom stereocenters. The SMILES string of the molecule is CC1CC1NS(=O)(=O)c1ccc(N)cc1C(=O)O. The number of nitrogens with two attached hydrogens (primary N) is 1. The van der Waals surface area contributed by atoms with Crippen LogP contribution in [-0.4, -0.2) is 25.5 Å². The topological polar surface area (TPSA) is 109 Å². The average molecular weight is 270 g/mol. The van der Waals surface area contributed by atoms with Crippen molar-refractivity contribution in [2.75, 3.05) is 5.73 Å². The number of anilines is 1. The van der Waals surface area contributed by atoms with E-state index in [1.54, 1.807) is 0 Å². The molecule has 0 aromatic heterocycles. The Kier molecular flexibility index (Phi) is 3.04. The molecule has 0 heterocycles. The van der Waals surface area contributed by atoms with E-state index in [-0.39, 0.29) is 22.2 Å². The molecule has 4 N–H and O–H groups in total. The van der Waals surface area contributed by atoms with Crippen LogP contribution in [0.1, 0.15) is 23.7 Å². The van der Waals surface area contributed by atoms with Gasteiger partial charge in [0.25, 0.3) is 0 Å². The van der Waals surface area contributed by atoms with E-state index in [0.717, 1.165) is 12.5 Å². The summed E-state index contributed by atoms with van der Waals surface area (Å²) >= 11 is 0. The second-order valence-electron chi connectivity index (χ2n) is 4.50. The van der Waals surface area contributed by atoms with Crippen molar-refractivity contribution in [2.24, 2.45) is 5.92 Å². The number of carboxylic acids is 1. The van der Waals surface area contributed by atoms with Gasteiger partial charge >= 0.3 is 5.97 Å². The van der Waals surface area contributed by atoms with Crippen molar-refractivity contribution >= 4 is 21.7 Å². The number of rotatable bonds is 4. The molecule has 1 aromatic carbocycles. The Morgan fingerprint density at radius 1 is 1.50 bits per heavy atom. The molecule has 7 heteroatoms. The first kappa shape index (κ1) is 12.8. The van der Waals surface area contributed by atoms with Crippen molar-refractivity contribution in [1.82, 2.24) is 4.72 Å². The van der Waals surface area contributed by atoms with Crippen molar-refractivity contribution in [1.29, 1.82) is 0 Å². The second-order valence-corrected chi connectivity index (χ2v) is 6.18. The van der Waals surface area contributed by atoms with Crippen LogP contribution in [0.3, 0.4) is 0 Å². The standard InChI is InChI=1S/C11H14N2O4S/c1-6-4-9(6)13-18(16,17)10-3-2-7(12)5-8(10)11(14)15/h2-3,5-6,9,13H,4,12H2,1H3,(H,14,15). The summed E-state index contributed by atoms with van der Waals surface area (Å²) in [4.78, 5) is 10.8. The lowest BCUT2D eigenvalue weighted by Gasteiger charge is -2.09. The van der Waals surface area contributed by atoms with E-state index in [2.05, 4.69) is 4.72 Å². The summed E-state index contributed by atoms with van der Waals surface area (Å²) in [7, 11) is -3.81. The lowest BCUT2D eigenvalue weighted by Crippen LogP contribution is -2.28. The van der Waals surface area contributed by atoms with Gasteiger partial charge in [0.1, 0.15) is 0 Å². The quantitative estimate of drug-likeness (QED) is 0.696. The predicted molar refractivity (Wildman–Crippen MR) is 65.7 cm³/mol. The van der Waals surface area contributed by atoms with Crippen LogP contribution >= 0.6 is 0 Å². The van der Waals surface area contributed by atoms with Gasteiger partial charge in [-0.3, -0.25) is 0 Å². The van der Waals surface area contributed by atoms with E-state index in [9.17, 15) is 13.2 Å². The summed E-state index contributed by atoms with van der Waals surface area (Å²) in [6, 6.07) is 3.63. The number of aromatic carboxylic acids is 1. The largest absolute Gasteiger partial charge is 0.478 e. The number of benzene rings is 1. The minimum absolute atomic E-state index is 0.103. The number of hydrogen-bond donors (Lipinski definition) is 3. The second kappa shape index (κ2) is 4.25. The molecule has 0 radical (unpaired) electrons. The lowest BCUT2D eigenvalue weighted by atomic mass is 10.2.